The van der Waals surface area contributed by atoms with Gasteiger partial charge < -0.3 is 15.4 Å². The molecule has 0 radical (unpaired) electrons. The third-order valence-corrected chi connectivity index (χ3v) is 4.25. The highest BCUT2D eigenvalue weighted by molar-refractivity contribution is 7.10. The van der Waals surface area contributed by atoms with E-state index in [-0.39, 0.29) is 24.3 Å². The lowest BCUT2D eigenvalue weighted by Gasteiger charge is -2.17. The minimum absolute atomic E-state index is 0.0379. The molecular weight excluding hydrogens is 276 g/mol. The molecule has 0 unspecified atom stereocenters. The van der Waals surface area contributed by atoms with Gasteiger partial charge in [0.1, 0.15) is 0 Å². The summed E-state index contributed by atoms with van der Waals surface area (Å²) in [6, 6.07) is 3.61. The van der Waals surface area contributed by atoms with Crippen LogP contribution >= 0.6 is 11.3 Å². The Balaban J connectivity index is 1.83. The first-order chi connectivity index (χ1) is 9.65. The van der Waals surface area contributed by atoms with Crippen LogP contribution in [0.3, 0.4) is 0 Å². The number of hydrogen-bond acceptors (Lipinski definition) is 4. The number of amides is 2. The van der Waals surface area contributed by atoms with Gasteiger partial charge in [-0.05, 0) is 17.9 Å². The number of nitrogens with one attached hydrogen (secondary N) is 2. The topological polar surface area (TPSA) is 67.4 Å². The largest absolute Gasteiger partial charge is 0.381 e. The third-order valence-electron chi connectivity index (χ3n) is 3.27. The zero-order valence-corrected chi connectivity index (χ0v) is 12.4. The average Bonchev–Trinajstić information content (AvgIpc) is 3.08. The first kappa shape index (κ1) is 15.0. The lowest BCUT2D eigenvalue weighted by molar-refractivity contribution is -0.122. The molecule has 0 aliphatic carbocycles. The minimum Gasteiger partial charge on any atom is -0.381 e. The van der Waals surface area contributed by atoms with Crippen molar-refractivity contribution in [3.05, 3.63) is 22.4 Å². The Bertz CT molecular complexity index is 441. The number of carbonyl (C=O) groups is 2. The van der Waals surface area contributed by atoms with Crippen LogP contribution in [0.5, 0.6) is 0 Å². The molecule has 0 spiro atoms. The van der Waals surface area contributed by atoms with Crippen molar-refractivity contribution in [3.8, 4) is 0 Å². The van der Waals surface area contributed by atoms with E-state index < -0.39 is 0 Å². The van der Waals surface area contributed by atoms with Gasteiger partial charge >= 0.3 is 0 Å². The molecule has 1 aliphatic heterocycles. The molecule has 0 saturated carbocycles. The highest BCUT2D eigenvalue weighted by atomic mass is 32.1. The summed E-state index contributed by atoms with van der Waals surface area (Å²) >= 11 is 1.54. The summed E-state index contributed by atoms with van der Waals surface area (Å²) < 4.78 is 5.28. The van der Waals surface area contributed by atoms with Crippen molar-refractivity contribution in [2.45, 2.75) is 25.8 Å². The smallest absolute Gasteiger partial charge is 0.222 e. The number of hydrogen-bond donors (Lipinski definition) is 2. The van der Waals surface area contributed by atoms with E-state index in [9.17, 15) is 9.59 Å². The summed E-state index contributed by atoms with van der Waals surface area (Å²) in [4.78, 5) is 24.2. The molecule has 2 heterocycles. The van der Waals surface area contributed by atoms with E-state index in [4.69, 9.17) is 4.74 Å². The maximum Gasteiger partial charge on any atom is 0.222 e. The van der Waals surface area contributed by atoms with Crippen molar-refractivity contribution in [1.29, 1.82) is 0 Å². The summed E-state index contributed by atoms with van der Waals surface area (Å²) in [6.45, 7) is 3.62. The summed E-state index contributed by atoms with van der Waals surface area (Å²) in [5.74, 6) is 0.254. The van der Waals surface area contributed by atoms with Crippen molar-refractivity contribution >= 4 is 23.2 Å². The van der Waals surface area contributed by atoms with Crippen LogP contribution in [-0.2, 0) is 14.3 Å². The van der Waals surface area contributed by atoms with E-state index in [0.717, 1.165) is 24.5 Å². The number of carbonyl (C=O) groups excluding carboxylic acids is 2. The van der Waals surface area contributed by atoms with Crippen molar-refractivity contribution in [2.75, 3.05) is 19.8 Å². The summed E-state index contributed by atoms with van der Waals surface area (Å²) in [6.07, 6.45) is 1.27. The predicted molar refractivity (Wildman–Crippen MR) is 77.4 cm³/mol. The molecule has 1 aliphatic rings. The van der Waals surface area contributed by atoms with Gasteiger partial charge in [0.25, 0.3) is 0 Å². The van der Waals surface area contributed by atoms with E-state index in [2.05, 4.69) is 10.6 Å². The van der Waals surface area contributed by atoms with Gasteiger partial charge in [-0.3, -0.25) is 9.59 Å². The van der Waals surface area contributed by atoms with Gasteiger partial charge in [-0.2, -0.15) is 0 Å². The molecule has 2 rings (SSSR count). The van der Waals surface area contributed by atoms with E-state index >= 15 is 0 Å². The summed E-state index contributed by atoms with van der Waals surface area (Å²) in [7, 11) is 0. The van der Waals surface area contributed by atoms with Gasteiger partial charge in [0.15, 0.2) is 0 Å². The molecule has 2 atom stereocenters. The molecule has 1 saturated heterocycles. The maximum absolute atomic E-state index is 12.0. The summed E-state index contributed by atoms with van der Waals surface area (Å²) in [5, 5.41) is 7.69. The summed E-state index contributed by atoms with van der Waals surface area (Å²) in [5.41, 5.74) is 0. The van der Waals surface area contributed by atoms with Crippen LogP contribution in [0.4, 0.5) is 0 Å². The van der Waals surface area contributed by atoms with Gasteiger partial charge in [-0.25, -0.2) is 0 Å². The Hall–Kier alpha value is -1.40. The molecule has 2 N–H and O–H groups in total. The van der Waals surface area contributed by atoms with Gasteiger partial charge in [-0.1, -0.05) is 6.07 Å². The Labute approximate surface area is 122 Å². The second-order valence-corrected chi connectivity index (χ2v) is 5.99. The lowest BCUT2D eigenvalue weighted by Crippen LogP contribution is -2.34. The van der Waals surface area contributed by atoms with Crippen LogP contribution in [0.1, 0.15) is 30.7 Å². The standard InChI is InChI=1S/C14H20N2O3S/c1-10(17)16-12(13-3-2-6-20-13)7-14(18)15-8-11-4-5-19-9-11/h2-3,6,11-12H,4-5,7-9H2,1H3,(H,15,18)(H,16,17)/t11-,12+/m1/s1. The Morgan fingerprint density at radius 2 is 2.40 bits per heavy atom. The number of thiophene rings is 1. The lowest BCUT2D eigenvalue weighted by atomic mass is 10.1. The van der Waals surface area contributed by atoms with Crippen LogP contribution in [0.15, 0.2) is 17.5 Å². The minimum atomic E-state index is -0.243. The van der Waals surface area contributed by atoms with Crippen LogP contribution < -0.4 is 10.6 Å². The molecule has 6 heteroatoms. The molecule has 110 valence electrons. The quantitative estimate of drug-likeness (QED) is 0.835. The normalized spacial score (nSPS) is 19.6. The fourth-order valence-electron chi connectivity index (χ4n) is 2.22. The second kappa shape index (κ2) is 7.40. The van der Waals surface area contributed by atoms with E-state index in [1.807, 2.05) is 17.5 Å². The zero-order valence-electron chi connectivity index (χ0n) is 11.6. The number of ether oxygens (including phenoxy) is 1. The average molecular weight is 296 g/mol. The maximum atomic E-state index is 12.0. The fourth-order valence-corrected chi connectivity index (χ4v) is 3.00. The molecule has 20 heavy (non-hydrogen) atoms. The van der Waals surface area contributed by atoms with Gasteiger partial charge in [-0.15, -0.1) is 11.3 Å². The molecule has 0 aromatic carbocycles. The van der Waals surface area contributed by atoms with Crippen LogP contribution in [0, 0.1) is 5.92 Å². The Morgan fingerprint density at radius 3 is 3.00 bits per heavy atom. The highest BCUT2D eigenvalue weighted by Crippen LogP contribution is 2.22. The zero-order chi connectivity index (χ0) is 14.4. The molecule has 1 aromatic rings. The highest BCUT2D eigenvalue weighted by Gasteiger charge is 2.20. The Morgan fingerprint density at radius 1 is 1.55 bits per heavy atom. The van der Waals surface area contributed by atoms with Gasteiger partial charge in [0.05, 0.1) is 19.1 Å². The Kier molecular flexibility index (Phi) is 5.55. The first-order valence-corrected chi connectivity index (χ1v) is 7.68. The molecular formula is C14H20N2O3S. The predicted octanol–water partition coefficient (Wildman–Crippen LogP) is 1.47. The monoisotopic (exact) mass is 296 g/mol. The molecule has 1 fully saturated rings. The molecule has 5 nitrogen and oxygen atoms in total. The van der Waals surface area contributed by atoms with Crippen molar-refractivity contribution < 1.29 is 14.3 Å². The van der Waals surface area contributed by atoms with Gasteiger partial charge in [0, 0.05) is 30.9 Å². The van der Waals surface area contributed by atoms with Crippen molar-refractivity contribution in [2.24, 2.45) is 5.92 Å². The second-order valence-electron chi connectivity index (χ2n) is 5.01. The van der Waals surface area contributed by atoms with E-state index in [0.29, 0.717) is 12.5 Å². The number of rotatable bonds is 6. The fraction of sp³-hybridized carbons (Fsp3) is 0.571. The van der Waals surface area contributed by atoms with Crippen molar-refractivity contribution in [1.82, 2.24) is 10.6 Å². The first-order valence-electron chi connectivity index (χ1n) is 6.80. The SMILES string of the molecule is CC(=O)N[C@@H](CC(=O)NC[C@H]1CCOC1)c1cccs1. The molecule has 1 aromatic heterocycles. The van der Waals surface area contributed by atoms with Gasteiger partial charge in [0.2, 0.25) is 11.8 Å². The van der Waals surface area contributed by atoms with Crippen LogP contribution in [0.25, 0.3) is 0 Å². The van der Waals surface area contributed by atoms with Crippen LogP contribution in [0.2, 0.25) is 0 Å². The molecule has 0 bridgehead atoms. The van der Waals surface area contributed by atoms with E-state index in [1.165, 1.54) is 6.92 Å². The van der Waals surface area contributed by atoms with E-state index in [1.54, 1.807) is 11.3 Å². The van der Waals surface area contributed by atoms with Crippen LogP contribution in [-0.4, -0.2) is 31.6 Å². The molecule has 2 amide bonds. The third kappa shape index (κ3) is 4.61. The van der Waals surface area contributed by atoms with Crippen molar-refractivity contribution in [3.63, 3.8) is 0 Å².